The predicted octanol–water partition coefficient (Wildman–Crippen LogP) is 0.745. The Balaban J connectivity index is 1.64. The van der Waals surface area contributed by atoms with Gasteiger partial charge in [-0.05, 0) is 18.4 Å². The van der Waals surface area contributed by atoms with Crippen LogP contribution in [0.15, 0.2) is 30.3 Å². The van der Waals surface area contributed by atoms with Gasteiger partial charge in [-0.15, -0.1) is 0 Å². The summed E-state index contributed by atoms with van der Waals surface area (Å²) >= 11 is 0. The predicted molar refractivity (Wildman–Crippen MR) is 96.7 cm³/mol. The summed E-state index contributed by atoms with van der Waals surface area (Å²) in [4.78, 5) is 28.9. The lowest BCUT2D eigenvalue weighted by Gasteiger charge is -2.42. The summed E-state index contributed by atoms with van der Waals surface area (Å²) in [6.45, 7) is 5.23. The van der Waals surface area contributed by atoms with Crippen LogP contribution in [-0.4, -0.2) is 60.4 Å². The molecule has 6 nitrogen and oxygen atoms in total. The van der Waals surface area contributed by atoms with Crippen LogP contribution in [-0.2, 0) is 9.59 Å². The Morgan fingerprint density at radius 3 is 2.76 bits per heavy atom. The van der Waals surface area contributed by atoms with E-state index in [1.165, 1.54) is 0 Å². The number of nitrogens with two attached hydrogens (primary N) is 1. The zero-order valence-corrected chi connectivity index (χ0v) is 14.9. The molecule has 0 radical (unpaired) electrons. The van der Waals surface area contributed by atoms with Gasteiger partial charge in [0.2, 0.25) is 11.8 Å². The number of benzene rings is 1. The number of amides is 2. The first-order valence-electron chi connectivity index (χ1n) is 9.17. The summed E-state index contributed by atoms with van der Waals surface area (Å²) in [7, 11) is 0. The summed E-state index contributed by atoms with van der Waals surface area (Å²) in [5, 5.41) is 3.10. The molecule has 0 spiro atoms. The van der Waals surface area contributed by atoms with Gasteiger partial charge in [0.05, 0.1) is 12.5 Å². The molecule has 0 bridgehead atoms. The minimum atomic E-state index is -0.310. The SMILES string of the molecule is CC(C(=O)N1CCCC(N2CCNCC2=O)C1)C(N)c1ccccc1. The number of rotatable bonds is 4. The Kier molecular flexibility index (Phi) is 5.71. The molecule has 2 amide bonds. The molecule has 3 unspecified atom stereocenters. The maximum absolute atomic E-state index is 13.0. The highest BCUT2D eigenvalue weighted by atomic mass is 16.2. The van der Waals surface area contributed by atoms with E-state index >= 15 is 0 Å². The van der Waals surface area contributed by atoms with Crippen molar-refractivity contribution in [3.05, 3.63) is 35.9 Å². The van der Waals surface area contributed by atoms with Gasteiger partial charge in [-0.3, -0.25) is 9.59 Å². The Bertz CT molecular complexity index is 607. The average molecular weight is 344 g/mol. The first-order chi connectivity index (χ1) is 12.1. The molecule has 0 saturated carbocycles. The average Bonchev–Trinajstić information content (AvgIpc) is 2.67. The van der Waals surface area contributed by atoms with E-state index in [2.05, 4.69) is 5.32 Å². The lowest BCUT2D eigenvalue weighted by molar-refractivity contribution is -0.142. The Morgan fingerprint density at radius 2 is 2.04 bits per heavy atom. The Morgan fingerprint density at radius 1 is 1.28 bits per heavy atom. The van der Waals surface area contributed by atoms with Crippen LogP contribution < -0.4 is 11.1 Å². The third kappa shape index (κ3) is 4.02. The summed E-state index contributed by atoms with van der Waals surface area (Å²) < 4.78 is 0. The Labute approximate surface area is 149 Å². The summed E-state index contributed by atoms with van der Waals surface area (Å²) in [5.41, 5.74) is 7.31. The molecular weight excluding hydrogens is 316 g/mol. The van der Waals surface area contributed by atoms with Crippen LogP contribution >= 0.6 is 0 Å². The number of likely N-dealkylation sites (tertiary alicyclic amines) is 1. The van der Waals surface area contributed by atoms with Gasteiger partial charge in [-0.1, -0.05) is 37.3 Å². The molecule has 1 aromatic rings. The zero-order valence-electron chi connectivity index (χ0n) is 14.9. The van der Waals surface area contributed by atoms with E-state index in [-0.39, 0.29) is 29.8 Å². The standard InChI is InChI=1S/C19H28N4O2/c1-14(18(20)15-6-3-2-4-7-15)19(25)22-10-5-8-16(13-22)23-11-9-21-12-17(23)24/h2-4,6-7,14,16,18,21H,5,8-13,20H2,1H3. The molecule has 0 aliphatic carbocycles. The monoisotopic (exact) mass is 344 g/mol. The molecule has 3 rings (SSSR count). The van der Waals surface area contributed by atoms with Gasteiger partial charge in [0.1, 0.15) is 0 Å². The number of nitrogens with one attached hydrogen (secondary N) is 1. The molecular formula is C19H28N4O2. The van der Waals surface area contributed by atoms with Crippen molar-refractivity contribution in [3.63, 3.8) is 0 Å². The van der Waals surface area contributed by atoms with Crippen LogP contribution in [0.5, 0.6) is 0 Å². The number of nitrogens with zero attached hydrogens (tertiary/aromatic N) is 2. The molecule has 25 heavy (non-hydrogen) atoms. The fourth-order valence-electron chi connectivity index (χ4n) is 3.82. The Hall–Kier alpha value is -1.92. The number of carbonyl (C=O) groups excluding carboxylic acids is 2. The molecule has 6 heteroatoms. The second-order valence-corrected chi connectivity index (χ2v) is 7.07. The first-order valence-corrected chi connectivity index (χ1v) is 9.17. The van der Waals surface area contributed by atoms with Gasteiger partial charge in [0.25, 0.3) is 0 Å². The van der Waals surface area contributed by atoms with Crippen LogP contribution in [0.3, 0.4) is 0 Å². The second kappa shape index (κ2) is 7.97. The van der Waals surface area contributed by atoms with Crippen molar-refractivity contribution in [3.8, 4) is 0 Å². The van der Waals surface area contributed by atoms with Crippen molar-refractivity contribution in [1.29, 1.82) is 0 Å². The van der Waals surface area contributed by atoms with E-state index in [1.54, 1.807) is 0 Å². The maximum atomic E-state index is 13.0. The molecule has 2 aliphatic heterocycles. The molecule has 0 aromatic heterocycles. The molecule has 2 fully saturated rings. The largest absolute Gasteiger partial charge is 0.340 e. The second-order valence-electron chi connectivity index (χ2n) is 7.07. The smallest absolute Gasteiger partial charge is 0.236 e. The van der Waals surface area contributed by atoms with E-state index in [4.69, 9.17) is 5.73 Å². The minimum absolute atomic E-state index is 0.0867. The molecule has 3 atom stereocenters. The third-order valence-electron chi connectivity index (χ3n) is 5.39. The van der Waals surface area contributed by atoms with Gasteiger partial charge >= 0.3 is 0 Å². The lowest BCUT2D eigenvalue weighted by atomic mass is 9.93. The van der Waals surface area contributed by atoms with E-state index in [1.807, 2.05) is 47.1 Å². The quantitative estimate of drug-likeness (QED) is 0.845. The molecule has 3 N–H and O–H groups in total. The van der Waals surface area contributed by atoms with Gasteiger partial charge in [-0.2, -0.15) is 0 Å². The highest BCUT2D eigenvalue weighted by Gasteiger charge is 2.34. The van der Waals surface area contributed by atoms with Crippen molar-refractivity contribution in [2.24, 2.45) is 11.7 Å². The molecule has 2 heterocycles. The van der Waals surface area contributed by atoms with Crippen molar-refractivity contribution in [1.82, 2.24) is 15.1 Å². The van der Waals surface area contributed by atoms with Crippen molar-refractivity contribution in [2.45, 2.75) is 31.8 Å². The number of carbonyl (C=O) groups is 2. The minimum Gasteiger partial charge on any atom is -0.340 e. The van der Waals surface area contributed by atoms with Crippen LogP contribution in [0.1, 0.15) is 31.4 Å². The van der Waals surface area contributed by atoms with Gasteiger partial charge in [0.15, 0.2) is 0 Å². The molecule has 136 valence electrons. The number of piperazine rings is 1. The van der Waals surface area contributed by atoms with E-state index < -0.39 is 0 Å². The first kappa shape index (κ1) is 17.9. The van der Waals surface area contributed by atoms with Gasteiger partial charge < -0.3 is 20.9 Å². The number of hydrogen-bond acceptors (Lipinski definition) is 4. The van der Waals surface area contributed by atoms with Gasteiger partial charge in [0, 0.05) is 38.3 Å². The lowest BCUT2D eigenvalue weighted by Crippen LogP contribution is -2.58. The van der Waals surface area contributed by atoms with Crippen LogP contribution in [0, 0.1) is 5.92 Å². The molecule has 1 aromatic carbocycles. The fourth-order valence-corrected chi connectivity index (χ4v) is 3.82. The fraction of sp³-hybridized carbons (Fsp3) is 0.579. The molecule has 2 aliphatic rings. The normalized spacial score (nSPS) is 24.1. The van der Waals surface area contributed by atoms with Gasteiger partial charge in [-0.25, -0.2) is 0 Å². The van der Waals surface area contributed by atoms with Crippen molar-refractivity contribution < 1.29 is 9.59 Å². The van der Waals surface area contributed by atoms with Crippen molar-refractivity contribution in [2.75, 3.05) is 32.7 Å². The zero-order chi connectivity index (χ0) is 17.8. The maximum Gasteiger partial charge on any atom is 0.236 e. The highest BCUT2D eigenvalue weighted by Crippen LogP contribution is 2.24. The topological polar surface area (TPSA) is 78.7 Å². The van der Waals surface area contributed by atoms with Crippen molar-refractivity contribution >= 4 is 11.8 Å². The van der Waals surface area contributed by atoms with E-state index in [0.717, 1.165) is 38.0 Å². The van der Waals surface area contributed by atoms with E-state index in [0.29, 0.717) is 13.1 Å². The summed E-state index contributed by atoms with van der Waals surface area (Å²) in [6, 6.07) is 9.59. The third-order valence-corrected chi connectivity index (χ3v) is 5.39. The van der Waals surface area contributed by atoms with Crippen LogP contribution in [0.4, 0.5) is 0 Å². The summed E-state index contributed by atoms with van der Waals surface area (Å²) in [5.74, 6) is -0.0527. The number of piperidine rings is 1. The summed E-state index contributed by atoms with van der Waals surface area (Å²) in [6.07, 6.45) is 1.90. The number of hydrogen-bond donors (Lipinski definition) is 2. The highest BCUT2D eigenvalue weighted by molar-refractivity contribution is 5.81. The van der Waals surface area contributed by atoms with Crippen LogP contribution in [0.25, 0.3) is 0 Å². The van der Waals surface area contributed by atoms with Crippen LogP contribution in [0.2, 0.25) is 0 Å². The molecule has 2 saturated heterocycles. The van der Waals surface area contributed by atoms with E-state index in [9.17, 15) is 9.59 Å².